The molecule has 3 rings (SSSR count). The molecular formula is C15H18BF3N2O3. The smallest absolute Gasteiger partial charge is 0.479 e. The lowest BCUT2D eigenvalue weighted by atomic mass is 9.78. The van der Waals surface area contributed by atoms with E-state index >= 15 is 0 Å². The lowest BCUT2D eigenvalue weighted by Gasteiger charge is -2.32. The molecule has 0 N–H and O–H groups in total. The molecule has 0 aliphatic carbocycles. The summed E-state index contributed by atoms with van der Waals surface area (Å²) >= 11 is 0. The van der Waals surface area contributed by atoms with Crippen LogP contribution in [0.4, 0.5) is 13.2 Å². The van der Waals surface area contributed by atoms with Crippen molar-refractivity contribution in [2.45, 2.75) is 45.8 Å². The van der Waals surface area contributed by atoms with Crippen LogP contribution in [0.15, 0.2) is 0 Å². The van der Waals surface area contributed by atoms with Crippen molar-refractivity contribution in [2.75, 3.05) is 7.11 Å². The summed E-state index contributed by atoms with van der Waals surface area (Å²) in [6.45, 7) is 8.45. The Balaban J connectivity index is 2.32. The number of hydrogen-bond acceptors (Lipinski definition) is 4. The second kappa shape index (κ2) is 5.13. The van der Waals surface area contributed by atoms with Gasteiger partial charge in [0.1, 0.15) is 5.52 Å². The fourth-order valence-corrected chi connectivity index (χ4v) is 2.65. The van der Waals surface area contributed by atoms with Gasteiger partial charge in [-0.25, -0.2) is 8.78 Å². The molecule has 0 radical (unpaired) electrons. The monoisotopic (exact) mass is 342 g/mol. The summed E-state index contributed by atoms with van der Waals surface area (Å²) in [5.41, 5.74) is -2.23. The zero-order chi connectivity index (χ0) is 18.0. The van der Waals surface area contributed by atoms with Crippen molar-refractivity contribution < 1.29 is 27.2 Å². The molecule has 5 nitrogen and oxygen atoms in total. The maximum atomic E-state index is 14.7. The third kappa shape index (κ3) is 2.14. The Morgan fingerprint density at radius 2 is 1.54 bits per heavy atom. The van der Waals surface area contributed by atoms with Crippen LogP contribution in [-0.4, -0.2) is 35.0 Å². The fourth-order valence-electron chi connectivity index (χ4n) is 2.65. The third-order valence-electron chi connectivity index (χ3n) is 4.73. The van der Waals surface area contributed by atoms with E-state index in [1.807, 2.05) is 0 Å². The SMILES string of the molecule is COc1c(F)c(F)c(B2OC(C)(C)C(C)(C)O2)c2c(F)c(C)nn12. The van der Waals surface area contributed by atoms with E-state index in [9.17, 15) is 13.2 Å². The Kier molecular flexibility index (Phi) is 3.65. The zero-order valence-electron chi connectivity index (χ0n) is 14.3. The molecule has 1 fully saturated rings. The molecule has 2 aromatic heterocycles. The van der Waals surface area contributed by atoms with Crippen LogP contribution in [-0.2, 0) is 9.31 Å². The maximum absolute atomic E-state index is 14.7. The van der Waals surface area contributed by atoms with Gasteiger partial charge in [-0.2, -0.15) is 14.0 Å². The second-order valence-electron chi connectivity index (χ2n) is 6.80. The van der Waals surface area contributed by atoms with Crippen molar-refractivity contribution in [3.05, 3.63) is 23.1 Å². The molecule has 0 aromatic carbocycles. The van der Waals surface area contributed by atoms with E-state index in [0.29, 0.717) is 0 Å². The van der Waals surface area contributed by atoms with Crippen LogP contribution in [0, 0.1) is 24.4 Å². The molecule has 24 heavy (non-hydrogen) atoms. The van der Waals surface area contributed by atoms with Crippen molar-refractivity contribution in [1.82, 2.24) is 9.61 Å². The van der Waals surface area contributed by atoms with Crippen LogP contribution in [0.3, 0.4) is 0 Å². The van der Waals surface area contributed by atoms with E-state index < -0.39 is 41.7 Å². The van der Waals surface area contributed by atoms with E-state index in [2.05, 4.69) is 5.10 Å². The first-order valence-corrected chi connectivity index (χ1v) is 7.47. The van der Waals surface area contributed by atoms with Gasteiger partial charge in [-0.1, -0.05) is 0 Å². The number of methoxy groups -OCH3 is 1. The van der Waals surface area contributed by atoms with Gasteiger partial charge >= 0.3 is 7.12 Å². The normalized spacial score (nSPS) is 19.3. The first-order valence-electron chi connectivity index (χ1n) is 7.47. The number of pyridine rings is 1. The number of hydrogen-bond donors (Lipinski definition) is 0. The highest BCUT2D eigenvalue weighted by atomic mass is 19.2. The molecule has 0 atom stereocenters. The first-order chi connectivity index (χ1) is 11.0. The highest BCUT2D eigenvalue weighted by Gasteiger charge is 2.54. The largest absolute Gasteiger partial charge is 0.500 e. The molecule has 1 saturated heterocycles. The Hall–Kier alpha value is -1.74. The van der Waals surface area contributed by atoms with Gasteiger partial charge < -0.3 is 14.0 Å². The third-order valence-corrected chi connectivity index (χ3v) is 4.73. The number of nitrogens with zero attached hydrogens (tertiary/aromatic N) is 2. The van der Waals surface area contributed by atoms with Gasteiger partial charge in [0.05, 0.1) is 29.5 Å². The Bertz CT molecular complexity index is 819. The fraction of sp³-hybridized carbons (Fsp3) is 0.533. The number of aryl methyl sites for hydroxylation is 1. The summed E-state index contributed by atoms with van der Waals surface area (Å²) in [6, 6.07) is 0. The van der Waals surface area contributed by atoms with Crippen LogP contribution in [0.25, 0.3) is 5.52 Å². The lowest BCUT2D eigenvalue weighted by Crippen LogP contribution is -2.41. The van der Waals surface area contributed by atoms with Gasteiger partial charge in [0, 0.05) is 0 Å². The van der Waals surface area contributed by atoms with Crippen molar-refractivity contribution in [2.24, 2.45) is 0 Å². The van der Waals surface area contributed by atoms with Crippen LogP contribution in [0.1, 0.15) is 33.4 Å². The summed E-state index contributed by atoms with van der Waals surface area (Å²) in [5.74, 6) is -3.86. The minimum absolute atomic E-state index is 0.0175. The van der Waals surface area contributed by atoms with E-state index in [-0.39, 0.29) is 16.7 Å². The minimum atomic E-state index is -1.28. The van der Waals surface area contributed by atoms with Crippen LogP contribution < -0.4 is 10.2 Å². The minimum Gasteiger partial charge on any atom is -0.479 e. The molecule has 1 aliphatic heterocycles. The summed E-state index contributed by atoms with van der Waals surface area (Å²) in [5, 5.41) is 3.89. The summed E-state index contributed by atoms with van der Waals surface area (Å²) in [7, 11) is -0.121. The van der Waals surface area contributed by atoms with Crippen molar-refractivity contribution in [3.63, 3.8) is 0 Å². The molecule has 9 heteroatoms. The van der Waals surface area contributed by atoms with E-state index in [0.717, 1.165) is 11.6 Å². The van der Waals surface area contributed by atoms with Gasteiger partial charge in [0.25, 0.3) is 5.88 Å². The summed E-state index contributed by atoms with van der Waals surface area (Å²) in [6.07, 6.45) is 0. The first kappa shape index (κ1) is 17.1. The number of fused-ring (bicyclic) bond motifs is 1. The number of aromatic nitrogens is 2. The van der Waals surface area contributed by atoms with E-state index in [1.165, 1.54) is 6.92 Å². The molecule has 0 saturated carbocycles. The molecule has 0 spiro atoms. The van der Waals surface area contributed by atoms with Crippen molar-refractivity contribution in [3.8, 4) is 5.88 Å². The summed E-state index contributed by atoms with van der Waals surface area (Å²) in [4.78, 5) is 0. The lowest BCUT2D eigenvalue weighted by molar-refractivity contribution is 0.00578. The highest BCUT2D eigenvalue weighted by Crippen LogP contribution is 2.38. The van der Waals surface area contributed by atoms with Gasteiger partial charge in [0.15, 0.2) is 11.6 Å². The predicted octanol–water partition coefficient (Wildman–Crippen LogP) is 2.37. The van der Waals surface area contributed by atoms with Crippen LogP contribution in [0.5, 0.6) is 5.88 Å². The molecule has 1 aliphatic rings. The van der Waals surface area contributed by atoms with E-state index in [1.54, 1.807) is 27.7 Å². The molecule has 2 aromatic rings. The molecule has 0 amide bonds. The molecule has 130 valence electrons. The highest BCUT2D eigenvalue weighted by molar-refractivity contribution is 6.64. The van der Waals surface area contributed by atoms with Gasteiger partial charge in [-0.3, -0.25) is 0 Å². The summed E-state index contributed by atoms with van der Waals surface area (Å²) < 4.78 is 60.9. The Labute approximate surface area is 137 Å². The molecular weight excluding hydrogens is 324 g/mol. The molecule has 3 heterocycles. The Morgan fingerprint density at radius 3 is 2.04 bits per heavy atom. The zero-order valence-corrected chi connectivity index (χ0v) is 14.3. The average molecular weight is 342 g/mol. The van der Waals surface area contributed by atoms with Crippen LogP contribution >= 0.6 is 0 Å². The van der Waals surface area contributed by atoms with Crippen LogP contribution in [0.2, 0.25) is 0 Å². The molecule has 0 bridgehead atoms. The predicted molar refractivity (Wildman–Crippen MR) is 82.1 cm³/mol. The second-order valence-corrected chi connectivity index (χ2v) is 6.80. The number of halogens is 3. The topological polar surface area (TPSA) is 45.0 Å². The number of ether oxygens (including phenoxy) is 1. The van der Waals surface area contributed by atoms with Gasteiger partial charge in [-0.05, 0) is 34.6 Å². The van der Waals surface area contributed by atoms with Crippen molar-refractivity contribution >= 4 is 18.1 Å². The van der Waals surface area contributed by atoms with Gasteiger partial charge in [-0.15, -0.1) is 0 Å². The molecule has 0 unspecified atom stereocenters. The quantitative estimate of drug-likeness (QED) is 0.786. The number of rotatable bonds is 2. The standard InChI is InChI=1S/C15H18BF3N2O3/c1-7-9(17)12-8(16-23-14(2,3)15(4,5)24-16)10(18)11(19)13(22-6)21(12)20-7/h1-6H3. The maximum Gasteiger partial charge on any atom is 0.500 e. The van der Waals surface area contributed by atoms with E-state index in [4.69, 9.17) is 14.0 Å². The van der Waals surface area contributed by atoms with Gasteiger partial charge in [0.2, 0.25) is 5.82 Å². The average Bonchev–Trinajstić information content (AvgIpc) is 2.86. The Morgan fingerprint density at radius 1 is 1.00 bits per heavy atom. The van der Waals surface area contributed by atoms with Crippen molar-refractivity contribution in [1.29, 1.82) is 0 Å².